The molecule has 0 aromatic carbocycles. The summed E-state index contributed by atoms with van der Waals surface area (Å²) in [5.74, 6) is 0. The van der Waals surface area contributed by atoms with E-state index in [4.69, 9.17) is 5.26 Å². The van der Waals surface area contributed by atoms with Gasteiger partial charge in [0, 0.05) is 6.21 Å². The molecule has 0 saturated heterocycles. The lowest BCUT2D eigenvalue weighted by molar-refractivity contribution is 1.02. The van der Waals surface area contributed by atoms with Gasteiger partial charge in [-0.05, 0) is 19.4 Å². The smallest absolute Gasteiger partial charge is 0.0641 e. The number of hydrogen-bond donors (Lipinski definition) is 0. The first kappa shape index (κ1) is 8.90. The first-order valence-electron chi connectivity index (χ1n) is 3.31. The summed E-state index contributed by atoms with van der Waals surface area (Å²) in [5.41, 5.74) is 1.14. The second-order valence-corrected chi connectivity index (χ2v) is 1.98. The van der Waals surface area contributed by atoms with E-state index in [2.05, 4.69) is 4.99 Å². The third-order valence-corrected chi connectivity index (χ3v) is 1.10. The van der Waals surface area contributed by atoms with Crippen LogP contribution in [0.1, 0.15) is 20.3 Å². The van der Waals surface area contributed by atoms with E-state index in [1.165, 1.54) is 0 Å². The van der Waals surface area contributed by atoms with Crippen LogP contribution in [0.3, 0.4) is 0 Å². The molecule has 0 atom stereocenters. The monoisotopic (exact) mass is 136 g/mol. The summed E-state index contributed by atoms with van der Waals surface area (Å²) in [6, 6.07) is 2.03. The lowest BCUT2D eigenvalue weighted by atomic mass is 10.3. The third kappa shape index (κ3) is 5.04. The predicted octanol–water partition coefficient (Wildman–Crippen LogP) is 1.94. The maximum Gasteiger partial charge on any atom is 0.0641 e. The molecular weight excluding hydrogens is 124 g/mol. The van der Waals surface area contributed by atoms with E-state index < -0.39 is 0 Å². The minimum Gasteiger partial charge on any atom is -0.292 e. The molecule has 0 radical (unpaired) electrons. The second-order valence-electron chi connectivity index (χ2n) is 1.98. The van der Waals surface area contributed by atoms with Crippen LogP contribution in [0.5, 0.6) is 0 Å². The minimum atomic E-state index is 0.507. The number of nitrogens with zero attached hydrogens (tertiary/aromatic N) is 2. The summed E-state index contributed by atoms with van der Waals surface area (Å²) >= 11 is 0. The zero-order valence-corrected chi connectivity index (χ0v) is 6.46. The molecule has 0 aromatic rings. The van der Waals surface area contributed by atoms with E-state index in [0.717, 1.165) is 5.57 Å². The summed E-state index contributed by atoms with van der Waals surface area (Å²) in [6.45, 7) is 4.56. The summed E-state index contributed by atoms with van der Waals surface area (Å²) in [4.78, 5) is 4.02. The minimum absolute atomic E-state index is 0.507. The second kappa shape index (κ2) is 6.03. The number of allylic oxidation sites excluding steroid dienone is 2. The Bertz CT molecular complexity index is 172. The van der Waals surface area contributed by atoms with Crippen molar-refractivity contribution >= 4 is 6.21 Å². The van der Waals surface area contributed by atoms with E-state index in [-0.39, 0.29) is 0 Å². The molecule has 54 valence electrons. The van der Waals surface area contributed by atoms with Crippen molar-refractivity contribution in [2.24, 2.45) is 4.99 Å². The van der Waals surface area contributed by atoms with Crippen molar-refractivity contribution in [3.8, 4) is 6.07 Å². The molecule has 0 fully saturated rings. The molecule has 0 N–H and O–H groups in total. The predicted molar refractivity (Wildman–Crippen MR) is 43.0 cm³/mol. The van der Waals surface area contributed by atoms with E-state index in [1.54, 1.807) is 6.21 Å². The molecule has 0 bridgehead atoms. The van der Waals surface area contributed by atoms with Crippen LogP contribution in [-0.4, -0.2) is 12.8 Å². The Morgan fingerprint density at radius 3 is 2.90 bits per heavy atom. The summed E-state index contributed by atoms with van der Waals surface area (Å²) in [7, 11) is 0. The lowest BCUT2D eigenvalue weighted by Crippen LogP contribution is -1.80. The van der Waals surface area contributed by atoms with Crippen molar-refractivity contribution in [2.75, 3.05) is 6.54 Å². The summed E-state index contributed by atoms with van der Waals surface area (Å²) in [6.07, 6.45) is 4.28. The highest BCUT2D eigenvalue weighted by atomic mass is 14.7. The van der Waals surface area contributed by atoms with Gasteiger partial charge < -0.3 is 0 Å². The van der Waals surface area contributed by atoms with Crippen LogP contribution in [0.4, 0.5) is 0 Å². The molecular formula is C8H12N2. The van der Waals surface area contributed by atoms with Gasteiger partial charge in [-0.25, -0.2) is 0 Å². The molecule has 0 aliphatic heterocycles. The van der Waals surface area contributed by atoms with Gasteiger partial charge in [-0.1, -0.05) is 6.08 Å². The topological polar surface area (TPSA) is 36.1 Å². The first-order chi connectivity index (χ1) is 4.81. The van der Waals surface area contributed by atoms with Crippen LogP contribution < -0.4 is 0 Å². The molecule has 0 spiro atoms. The van der Waals surface area contributed by atoms with Gasteiger partial charge in [0.25, 0.3) is 0 Å². The standard InChI is InChI=1S/C8H12N2/c1-3-8(2)7-10-6-4-5-9/h3,7H,4,6H2,1-2H3/b8-3-,10-7-. The molecule has 10 heavy (non-hydrogen) atoms. The highest BCUT2D eigenvalue weighted by Gasteiger charge is 1.78. The Morgan fingerprint density at radius 1 is 1.70 bits per heavy atom. The van der Waals surface area contributed by atoms with Crippen molar-refractivity contribution in [3.05, 3.63) is 11.6 Å². The van der Waals surface area contributed by atoms with Gasteiger partial charge in [-0.2, -0.15) is 5.26 Å². The van der Waals surface area contributed by atoms with Crippen molar-refractivity contribution in [1.82, 2.24) is 0 Å². The Morgan fingerprint density at radius 2 is 2.40 bits per heavy atom. The Hall–Kier alpha value is -1.10. The number of aliphatic imine (C=N–C) groups is 1. The zero-order valence-electron chi connectivity index (χ0n) is 6.46. The molecule has 0 heterocycles. The van der Waals surface area contributed by atoms with E-state index in [0.29, 0.717) is 13.0 Å². The van der Waals surface area contributed by atoms with Crippen LogP contribution in [0.15, 0.2) is 16.6 Å². The fraction of sp³-hybridized carbons (Fsp3) is 0.500. The van der Waals surface area contributed by atoms with E-state index in [9.17, 15) is 0 Å². The van der Waals surface area contributed by atoms with Gasteiger partial charge >= 0.3 is 0 Å². The molecule has 0 aliphatic carbocycles. The molecule has 2 heteroatoms. The quantitative estimate of drug-likeness (QED) is 0.431. The maximum absolute atomic E-state index is 8.15. The Labute approximate surface area is 61.9 Å². The summed E-state index contributed by atoms with van der Waals surface area (Å²) < 4.78 is 0. The van der Waals surface area contributed by atoms with Gasteiger partial charge in [0.1, 0.15) is 0 Å². The molecule has 0 aliphatic rings. The normalized spacial score (nSPS) is 11.9. The largest absolute Gasteiger partial charge is 0.292 e. The van der Waals surface area contributed by atoms with Crippen molar-refractivity contribution in [2.45, 2.75) is 20.3 Å². The molecule has 0 aromatic heterocycles. The van der Waals surface area contributed by atoms with E-state index in [1.807, 2.05) is 26.0 Å². The van der Waals surface area contributed by atoms with Gasteiger partial charge in [0.15, 0.2) is 0 Å². The fourth-order valence-electron chi connectivity index (χ4n) is 0.398. The molecule has 2 nitrogen and oxygen atoms in total. The SMILES string of the molecule is C/C=C(C)\C=N/CCC#N. The lowest BCUT2D eigenvalue weighted by Gasteiger charge is -1.86. The van der Waals surface area contributed by atoms with Crippen LogP contribution in [0.2, 0.25) is 0 Å². The average Bonchev–Trinajstić information content (AvgIpc) is 1.98. The molecule has 0 unspecified atom stereocenters. The average molecular weight is 136 g/mol. The third-order valence-electron chi connectivity index (χ3n) is 1.10. The van der Waals surface area contributed by atoms with Gasteiger partial charge in [-0.3, -0.25) is 4.99 Å². The number of rotatable bonds is 3. The molecule has 0 saturated carbocycles. The van der Waals surface area contributed by atoms with Gasteiger partial charge in [-0.15, -0.1) is 0 Å². The first-order valence-corrected chi connectivity index (χ1v) is 3.31. The fourth-order valence-corrected chi connectivity index (χ4v) is 0.398. The van der Waals surface area contributed by atoms with Gasteiger partial charge in [0.2, 0.25) is 0 Å². The summed E-state index contributed by atoms with van der Waals surface area (Å²) in [5, 5.41) is 8.15. The zero-order chi connectivity index (χ0) is 7.82. The maximum atomic E-state index is 8.15. The number of hydrogen-bond acceptors (Lipinski definition) is 2. The number of nitriles is 1. The van der Waals surface area contributed by atoms with Crippen LogP contribution in [0.25, 0.3) is 0 Å². The van der Waals surface area contributed by atoms with Crippen molar-refractivity contribution in [3.63, 3.8) is 0 Å². The van der Waals surface area contributed by atoms with Crippen LogP contribution in [0, 0.1) is 11.3 Å². The highest BCUT2D eigenvalue weighted by Crippen LogP contribution is 1.86. The van der Waals surface area contributed by atoms with E-state index >= 15 is 0 Å². The van der Waals surface area contributed by atoms with Gasteiger partial charge in [0.05, 0.1) is 19.0 Å². The van der Waals surface area contributed by atoms with Crippen LogP contribution >= 0.6 is 0 Å². The molecule has 0 rings (SSSR count). The van der Waals surface area contributed by atoms with Crippen LogP contribution in [-0.2, 0) is 0 Å². The highest BCUT2D eigenvalue weighted by molar-refractivity contribution is 5.77. The van der Waals surface area contributed by atoms with Crippen molar-refractivity contribution < 1.29 is 0 Å². The Balaban J connectivity index is 3.49. The Kier molecular flexibility index (Phi) is 5.36. The molecule has 0 amide bonds. The van der Waals surface area contributed by atoms with Crippen molar-refractivity contribution in [1.29, 1.82) is 5.26 Å².